The Bertz CT molecular complexity index is 572. The summed E-state index contributed by atoms with van der Waals surface area (Å²) >= 11 is 7.41. The van der Waals surface area contributed by atoms with Gasteiger partial charge in [0.15, 0.2) is 6.04 Å². The van der Waals surface area contributed by atoms with Crippen LogP contribution in [0.15, 0.2) is 29.4 Å². The third kappa shape index (κ3) is 11.8. The predicted octanol–water partition coefficient (Wildman–Crippen LogP) is 2.20. The van der Waals surface area contributed by atoms with Gasteiger partial charge < -0.3 is 16.8 Å². The molecule has 0 bridgehead atoms. The Hall–Kier alpha value is -0.0600. The number of aromatic nitrogens is 1. The molecule has 28 heavy (non-hydrogen) atoms. The Labute approximate surface area is 187 Å². The van der Waals surface area contributed by atoms with Gasteiger partial charge in [-0.3, -0.25) is 4.79 Å². The summed E-state index contributed by atoms with van der Waals surface area (Å²) in [7, 11) is 0. The highest BCUT2D eigenvalue weighted by Crippen LogP contribution is 2.40. The molecule has 1 aromatic heterocycles. The summed E-state index contributed by atoms with van der Waals surface area (Å²) in [5.74, 6) is 2.94. The van der Waals surface area contributed by atoms with Gasteiger partial charge in [0.2, 0.25) is 0 Å². The van der Waals surface area contributed by atoms with Crippen molar-refractivity contribution in [3.05, 3.63) is 24.4 Å². The molecule has 1 rings (SSSR count). The van der Waals surface area contributed by atoms with Gasteiger partial charge in [0.1, 0.15) is 0 Å². The fourth-order valence-electron chi connectivity index (χ4n) is 2.24. The van der Waals surface area contributed by atoms with Gasteiger partial charge in [-0.1, -0.05) is 17.8 Å². The summed E-state index contributed by atoms with van der Waals surface area (Å²) in [6.45, 7) is 10.5. The number of pyridine rings is 1. The minimum absolute atomic E-state index is 0.0108. The van der Waals surface area contributed by atoms with Gasteiger partial charge in [0.25, 0.3) is 5.91 Å². The molecule has 9 heteroatoms. The van der Waals surface area contributed by atoms with Crippen LogP contribution in [0.1, 0.15) is 34.1 Å². The fraction of sp³-hybridized carbons (Fsp3) is 0.684. The van der Waals surface area contributed by atoms with Gasteiger partial charge in [-0.25, -0.2) is 4.98 Å². The quantitative estimate of drug-likeness (QED) is 0.222. The van der Waals surface area contributed by atoms with Crippen LogP contribution in [0.4, 0.5) is 0 Å². The molecule has 0 saturated carbocycles. The first-order valence-electron chi connectivity index (χ1n) is 9.57. The molecule has 160 valence electrons. The summed E-state index contributed by atoms with van der Waals surface area (Å²) in [4.78, 5) is 16.6. The standard InChI is InChI=1S/C19H34N4OS4/c1-18(2,26-13-9-20)25-12-8-15(21)17(24)23-11-14-27-19(3,4)28-16-7-5-6-10-22-16/h5-7,10,15H,8-9,11-14,20-21H2,1-4H3,(H,23,24)/p+2. The van der Waals surface area contributed by atoms with E-state index in [0.717, 1.165) is 35.3 Å². The summed E-state index contributed by atoms with van der Waals surface area (Å²) in [5, 5.41) is 4.05. The average Bonchev–Trinajstić information content (AvgIpc) is 2.63. The summed E-state index contributed by atoms with van der Waals surface area (Å²) < 4.78 is 0.179. The van der Waals surface area contributed by atoms with E-state index in [1.165, 1.54) is 0 Å². The van der Waals surface area contributed by atoms with Crippen molar-refractivity contribution in [2.24, 2.45) is 0 Å². The first-order valence-corrected chi connectivity index (χ1v) is 13.3. The lowest BCUT2D eigenvalue weighted by molar-refractivity contribution is -0.403. The Morgan fingerprint density at radius 3 is 2.43 bits per heavy atom. The van der Waals surface area contributed by atoms with Crippen LogP contribution in [-0.4, -0.2) is 55.4 Å². The van der Waals surface area contributed by atoms with Gasteiger partial charge >= 0.3 is 0 Å². The molecule has 1 heterocycles. The minimum atomic E-state index is -0.193. The van der Waals surface area contributed by atoms with E-state index in [1.54, 1.807) is 11.8 Å². The molecule has 0 fully saturated rings. The minimum Gasteiger partial charge on any atom is -0.357 e. The van der Waals surface area contributed by atoms with Crippen LogP contribution in [0, 0.1) is 0 Å². The lowest BCUT2D eigenvalue weighted by atomic mass is 10.2. The first-order chi connectivity index (χ1) is 13.2. The largest absolute Gasteiger partial charge is 0.357 e. The number of hydrogen-bond acceptors (Lipinski definition) is 6. The van der Waals surface area contributed by atoms with E-state index >= 15 is 0 Å². The number of nitrogens with one attached hydrogen (secondary N) is 1. The molecule has 0 aromatic carbocycles. The molecule has 5 nitrogen and oxygen atoms in total. The molecule has 0 aliphatic heterocycles. The number of carbonyl (C=O) groups excluding carboxylic acids is 1. The monoisotopic (exact) mass is 464 g/mol. The smallest absolute Gasteiger partial charge is 0.278 e. The summed E-state index contributed by atoms with van der Waals surface area (Å²) in [6.07, 6.45) is 2.62. The van der Waals surface area contributed by atoms with Crippen LogP contribution in [0.3, 0.4) is 0 Å². The topological polar surface area (TPSA) is 97.3 Å². The number of amides is 1. The highest BCUT2D eigenvalue weighted by atomic mass is 32.2. The van der Waals surface area contributed by atoms with Crippen molar-refractivity contribution in [3.63, 3.8) is 0 Å². The molecule has 1 unspecified atom stereocenters. The van der Waals surface area contributed by atoms with Gasteiger partial charge in [-0.2, -0.15) is 0 Å². The van der Waals surface area contributed by atoms with Crippen LogP contribution in [0.2, 0.25) is 0 Å². The molecule has 0 radical (unpaired) electrons. The number of carbonyl (C=O) groups is 1. The lowest BCUT2D eigenvalue weighted by Gasteiger charge is -2.23. The van der Waals surface area contributed by atoms with E-state index < -0.39 is 0 Å². The van der Waals surface area contributed by atoms with E-state index in [4.69, 9.17) is 0 Å². The Balaban J connectivity index is 2.21. The molecule has 1 amide bonds. The number of thioether (sulfide) groups is 4. The third-order valence-corrected chi connectivity index (χ3v) is 9.40. The van der Waals surface area contributed by atoms with Crippen molar-refractivity contribution in [3.8, 4) is 0 Å². The molecular formula is C19H36N4OS4+2. The highest BCUT2D eigenvalue weighted by Gasteiger charge is 2.23. The molecule has 7 N–H and O–H groups in total. The highest BCUT2D eigenvalue weighted by molar-refractivity contribution is 8.18. The molecule has 1 aromatic rings. The number of quaternary nitrogens is 2. The zero-order valence-electron chi connectivity index (χ0n) is 17.5. The maximum absolute atomic E-state index is 12.3. The maximum Gasteiger partial charge on any atom is 0.278 e. The van der Waals surface area contributed by atoms with Crippen LogP contribution in [0.25, 0.3) is 0 Å². The summed E-state index contributed by atoms with van der Waals surface area (Å²) in [5.41, 5.74) is 7.93. The van der Waals surface area contributed by atoms with Crippen molar-refractivity contribution in [1.82, 2.24) is 10.3 Å². The van der Waals surface area contributed by atoms with Gasteiger partial charge in [0, 0.05) is 36.4 Å². The molecule has 0 aliphatic rings. The Morgan fingerprint density at radius 1 is 1.11 bits per heavy atom. The second-order valence-electron chi connectivity index (χ2n) is 7.25. The first kappa shape index (κ1) is 26.0. The Morgan fingerprint density at radius 2 is 1.79 bits per heavy atom. The van der Waals surface area contributed by atoms with Gasteiger partial charge in [-0.15, -0.1) is 35.3 Å². The van der Waals surface area contributed by atoms with Crippen LogP contribution < -0.4 is 16.8 Å². The lowest BCUT2D eigenvalue weighted by Crippen LogP contribution is -2.67. The molecule has 0 saturated heterocycles. The van der Waals surface area contributed by atoms with Gasteiger partial charge in [0.05, 0.1) is 19.7 Å². The van der Waals surface area contributed by atoms with Crippen LogP contribution in [-0.2, 0) is 4.79 Å². The molecule has 1 atom stereocenters. The van der Waals surface area contributed by atoms with E-state index in [0.29, 0.717) is 6.54 Å². The van der Waals surface area contributed by atoms with Crippen LogP contribution >= 0.6 is 47.0 Å². The van der Waals surface area contributed by atoms with Crippen molar-refractivity contribution in [2.75, 3.05) is 30.3 Å². The average molecular weight is 465 g/mol. The van der Waals surface area contributed by atoms with Crippen molar-refractivity contribution >= 4 is 53.0 Å². The second-order valence-corrected chi connectivity index (χ2v) is 14.6. The zero-order valence-corrected chi connectivity index (χ0v) is 20.8. The van der Waals surface area contributed by atoms with Crippen LogP contribution in [0.5, 0.6) is 0 Å². The third-order valence-electron chi connectivity index (χ3n) is 3.72. The van der Waals surface area contributed by atoms with Crippen molar-refractivity contribution in [1.29, 1.82) is 0 Å². The normalized spacial score (nSPS) is 13.4. The van der Waals surface area contributed by atoms with E-state index in [9.17, 15) is 4.79 Å². The maximum atomic E-state index is 12.3. The second kappa shape index (κ2) is 13.3. The molecule has 0 spiro atoms. The number of rotatable bonds is 14. The summed E-state index contributed by atoms with van der Waals surface area (Å²) in [6, 6.07) is 5.76. The molecule has 0 aliphatic carbocycles. The number of hydrogen-bond donors (Lipinski definition) is 3. The van der Waals surface area contributed by atoms with E-state index in [-0.39, 0.29) is 20.1 Å². The fourth-order valence-corrected chi connectivity index (χ4v) is 6.81. The molecular weight excluding hydrogens is 429 g/mol. The van der Waals surface area contributed by atoms with E-state index in [2.05, 4.69) is 49.5 Å². The SMILES string of the molecule is CC(C)(SCC[NH3+])SCCC([NH3+])C(=O)NCCSC(C)(C)Sc1ccccn1. The van der Waals surface area contributed by atoms with E-state index in [1.807, 2.05) is 59.7 Å². The predicted molar refractivity (Wildman–Crippen MR) is 128 cm³/mol. The zero-order chi connectivity index (χ0) is 21.0. The van der Waals surface area contributed by atoms with Crippen molar-refractivity contribution in [2.45, 2.75) is 53.3 Å². The van der Waals surface area contributed by atoms with Gasteiger partial charge in [-0.05, 0) is 39.8 Å². The van der Waals surface area contributed by atoms with Crippen molar-refractivity contribution < 1.29 is 16.3 Å². The number of nitrogens with zero attached hydrogens (tertiary/aromatic N) is 1. The Kier molecular flexibility index (Phi) is 12.3.